The van der Waals surface area contributed by atoms with E-state index in [-0.39, 0.29) is 17.0 Å². The summed E-state index contributed by atoms with van der Waals surface area (Å²) in [6.07, 6.45) is 3.21. The van der Waals surface area contributed by atoms with Crippen molar-refractivity contribution in [3.8, 4) is 5.88 Å². The van der Waals surface area contributed by atoms with Gasteiger partial charge in [-0.2, -0.15) is 9.61 Å². The number of H-pyrrole nitrogens is 2. The molecule has 4 aromatic rings. The lowest BCUT2D eigenvalue weighted by Gasteiger charge is -2.26. The van der Waals surface area contributed by atoms with E-state index in [1.54, 1.807) is 28.9 Å². The highest BCUT2D eigenvalue weighted by Gasteiger charge is 2.18. The van der Waals surface area contributed by atoms with E-state index in [0.29, 0.717) is 33.7 Å². The zero-order chi connectivity index (χ0) is 24.5. The number of nitrogens with zero attached hydrogens (tertiary/aromatic N) is 5. The molecule has 0 radical (unpaired) electrons. The van der Waals surface area contributed by atoms with E-state index in [2.05, 4.69) is 39.1 Å². The number of nitrogens with one attached hydrogen (secondary N) is 3. The highest BCUT2D eigenvalue weighted by Crippen LogP contribution is 2.19. The van der Waals surface area contributed by atoms with Crippen LogP contribution < -0.4 is 21.7 Å². The van der Waals surface area contributed by atoms with Gasteiger partial charge in [-0.3, -0.25) is 9.98 Å². The molecule has 0 saturated heterocycles. The third-order valence-electron chi connectivity index (χ3n) is 5.03. The summed E-state index contributed by atoms with van der Waals surface area (Å²) in [4.78, 5) is 28.1. The van der Waals surface area contributed by atoms with Crippen LogP contribution >= 0.6 is 11.6 Å². The van der Waals surface area contributed by atoms with Gasteiger partial charge in [-0.15, -0.1) is 0 Å². The highest BCUT2D eigenvalue weighted by molar-refractivity contribution is 6.30. The minimum atomic E-state index is -0.504. The lowest BCUT2D eigenvalue weighted by Crippen LogP contribution is -2.32. The fourth-order valence-corrected chi connectivity index (χ4v) is 4.00. The van der Waals surface area contributed by atoms with Crippen molar-refractivity contribution >= 4 is 34.8 Å². The van der Waals surface area contributed by atoms with Crippen LogP contribution in [0.4, 0.5) is 11.5 Å². The van der Waals surface area contributed by atoms with Crippen LogP contribution in [0.3, 0.4) is 0 Å². The molecule has 11 heteroatoms. The van der Waals surface area contributed by atoms with Gasteiger partial charge >= 0.3 is 5.69 Å². The molecular formula is C23H27ClN8O2. The van der Waals surface area contributed by atoms with Gasteiger partial charge < -0.3 is 20.3 Å². The maximum absolute atomic E-state index is 11.5. The molecule has 4 N–H and O–H groups in total. The van der Waals surface area contributed by atoms with Gasteiger partial charge in [0.05, 0.1) is 6.20 Å². The van der Waals surface area contributed by atoms with E-state index in [4.69, 9.17) is 21.6 Å². The molecule has 0 bridgehead atoms. The Morgan fingerprint density at radius 2 is 2.09 bits per heavy atom. The molecule has 0 amide bonds. The Morgan fingerprint density at radius 3 is 2.76 bits per heavy atom. The summed E-state index contributed by atoms with van der Waals surface area (Å²) in [6.45, 7) is 5.77. The normalized spacial score (nSPS) is 13.4. The molecule has 178 valence electrons. The van der Waals surface area contributed by atoms with Crippen molar-refractivity contribution in [2.45, 2.75) is 13.8 Å². The van der Waals surface area contributed by atoms with Gasteiger partial charge in [-0.1, -0.05) is 31.5 Å². The summed E-state index contributed by atoms with van der Waals surface area (Å²) < 4.78 is 1.64. The third-order valence-corrected chi connectivity index (χ3v) is 5.26. The second kappa shape index (κ2) is 9.32. The molecule has 0 saturated carbocycles. The molecule has 0 unspecified atom stereocenters. The molecule has 0 fully saturated rings. The number of fused-ring (bicyclic) bond motifs is 1. The number of imidazole rings is 1. The smallest absolute Gasteiger partial charge is 0.326 e. The fourth-order valence-electron chi connectivity index (χ4n) is 3.81. The highest BCUT2D eigenvalue weighted by atomic mass is 35.5. The summed E-state index contributed by atoms with van der Waals surface area (Å²) in [5.41, 5.74) is 1.58. The first kappa shape index (κ1) is 23.5. The van der Waals surface area contributed by atoms with Gasteiger partial charge in [0.15, 0.2) is 11.1 Å². The van der Waals surface area contributed by atoms with Gasteiger partial charge in [0.25, 0.3) is 0 Å². The van der Waals surface area contributed by atoms with Crippen molar-refractivity contribution in [1.82, 2.24) is 29.5 Å². The quantitative estimate of drug-likeness (QED) is 0.318. The number of rotatable bonds is 7. The van der Waals surface area contributed by atoms with Gasteiger partial charge in [0.1, 0.15) is 11.5 Å². The largest absolute Gasteiger partial charge is 0.493 e. The topological polar surface area (TPSA) is 127 Å². The first-order valence-corrected chi connectivity index (χ1v) is 11.1. The van der Waals surface area contributed by atoms with Gasteiger partial charge in [-0.25, -0.2) is 9.78 Å². The Morgan fingerprint density at radius 1 is 1.29 bits per heavy atom. The SMILES string of the molecule is CN(C)CC(C)(C)CN=c1cc(Nc2cccc(Cl)c2)nc2c(=Cc3[nH]c(=O)[nH]c3O)cnn12. The molecule has 34 heavy (non-hydrogen) atoms. The maximum atomic E-state index is 11.5. The van der Waals surface area contributed by atoms with Crippen molar-refractivity contribution in [2.24, 2.45) is 10.4 Å². The molecule has 1 aromatic carbocycles. The predicted molar refractivity (Wildman–Crippen MR) is 132 cm³/mol. The van der Waals surface area contributed by atoms with Crippen LogP contribution in [0.2, 0.25) is 5.02 Å². The van der Waals surface area contributed by atoms with Crippen LogP contribution in [-0.4, -0.2) is 61.8 Å². The molecule has 0 aliphatic rings. The number of aromatic hydroxyl groups is 1. The van der Waals surface area contributed by atoms with Crippen LogP contribution in [0.25, 0.3) is 11.7 Å². The van der Waals surface area contributed by atoms with Crippen LogP contribution in [0.1, 0.15) is 19.5 Å². The Labute approximate surface area is 200 Å². The summed E-state index contributed by atoms with van der Waals surface area (Å²) >= 11 is 6.14. The Bertz CT molecular complexity index is 1500. The minimum absolute atomic E-state index is 0.0574. The summed E-state index contributed by atoms with van der Waals surface area (Å²) in [7, 11) is 4.07. The zero-order valence-electron chi connectivity index (χ0n) is 19.4. The fraction of sp³-hybridized carbons (Fsp3) is 0.304. The van der Waals surface area contributed by atoms with Gasteiger partial charge in [-0.05, 0) is 43.8 Å². The summed E-state index contributed by atoms with van der Waals surface area (Å²) in [6, 6.07) is 9.16. The van der Waals surface area contributed by atoms with E-state index in [9.17, 15) is 9.90 Å². The lowest BCUT2D eigenvalue weighted by molar-refractivity contribution is 0.247. The Hall–Kier alpha value is -3.63. The van der Waals surface area contributed by atoms with E-state index in [1.165, 1.54) is 0 Å². The van der Waals surface area contributed by atoms with E-state index in [0.717, 1.165) is 12.2 Å². The predicted octanol–water partition coefficient (Wildman–Crippen LogP) is 1.88. The minimum Gasteiger partial charge on any atom is -0.493 e. The first-order chi connectivity index (χ1) is 16.1. The number of benzene rings is 1. The molecular weight excluding hydrogens is 456 g/mol. The molecule has 0 spiro atoms. The standard InChI is InChI=1S/C23H27ClN8O2/c1-23(2,13-31(3)4)12-25-19-10-18(27-16-7-5-6-15(24)9-16)29-20-14(11-26-32(19)20)8-17-21(33)30-22(34)28-17/h5-11,27,33H,12-13H2,1-4H3,(H2,28,30,34). The van der Waals surface area contributed by atoms with Crippen molar-refractivity contribution in [1.29, 1.82) is 0 Å². The van der Waals surface area contributed by atoms with Crippen LogP contribution in [0.5, 0.6) is 5.88 Å². The average molecular weight is 483 g/mol. The third kappa shape index (κ3) is 5.46. The van der Waals surface area contributed by atoms with E-state index < -0.39 is 5.69 Å². The molecule has 0 aliphatic carbocycles. The number of anilines is 2. The maximum Gasteiger partial charge on any atom is 0.326 e. The molecule has 4 rings (SSSR count). The Balaban J connectivity index is 1.86. The second-order valence-corrected chi connectivity index (χ2v) is 9.61. The summed E-state index contributed by atoms with van der Waals surface area (Å²) in [5, 5.41) is 18.9. The molecule has 3 aromatic heterocycles. The van der Waals surface area contributed by atoms with Crippen LogP contribution in [-0.2, 0) is 0 Å². The monoisotopic (exact) mass is 482 g/mol. The van der Waals surface area contributed by atoms with E-state index in [1.807, 2.05) is 32.3 Å². The molecule has 0 atom stereocenters. The lowest BCUT2D eigenvalue weighted by atomic mass is 9.93. The Kier molecular flexibility index (Phi) is 6.45. The number of aromatic amines is 2. The van der Waals surface area contributed by atoms with Crippen molar-refractivity contribution < 1.29 is 5.11 Å². The van der Waals surface area contributed by atoms with Gasteiger partial charge in [0, 0.05) is 35.1 Å². The zero-order valence-corrected chi connectivity index (χ0v) is 20.2. The van der Waals surface area contributed by atoms with Crippen LogP contribution in [0.15, 0.2) is 46.3 Å². The molecule has 10 nitrogen and oxygen atoms in total. The number of hydrogen-bond donors (Lipinski definition) is 4. The number of halogens is 1. The molecule has 3 heterocycles. The summed E-state index contributed by atoms with van der Waals surface area (Å²) in [5.74, 6) is 0.300. The van der Waals surface area contributed by atoms with Crippen molar-refractivity contribution in [2.75, 3.05) is 32.5 Å². The van der Waals surface area contributed by atoms with Gasteiger partial charge in [0.2, 0.25) is 5.88 Å². The van der Waals surface area contributed by atoms with E-state index >= 15 is 0 Å². The molecule has 0 aliphatic heterocycles. The average Bonchev–Trinajstić information content (AvgIpc) is 3.28. The number of hydrogen-bond acceptors (Lipinski definition) is 7. The van der Waals surface area contributed by atoms with Crippen LogP contribution in [0, 0.1) is 5.41 Å². The second-order valence-electron chi connectivity index (χ2n) is 9.17. The first-order valence-electron chi connectivity index (χ1n) is 10.7. The number of aromatic nitrogens is 5. The van der Waals surface area contributed by atoms with Crippen molar-refractivity contribution in [3.05, 3.63) is 68.4 Å². The van der Waals surface area contributed by atoms with Crippen molar-refractivity contribution in [3.63, 3.8) is 0 Å².